The monoisotopic (exact) mass is 389 g/mol. The van der Waals surface area contributed by atoms with Crippen molar-refractivity contribution in [2.45, 2.75) is 84.0 Å². The first kappa shape index (κ1) is 21.7. The molecule has 2 aromatic carbocycles. The Labute approximate surface area is 178 Å². The van der Waals surface area contributed by atoms with Gasteiger partial charge in [-0.15, -0.1) is 0 Å². The number of hydrogen-bond acceptors (Lipinski definition) is 1. The predicted octanol–water partition coefficient (Wildman–Crippen LogP) is 8.43. The van der Waals surface area contributed by atoms with Crippen molar-refractivity contribution < 1.29 is 0 Å². The molecule has 0 aliphatic heterocycles. The van der Waals surface area contributed by atoms with Gasteiger partial charge in [0, 0.05) is 11.4 Å². The van der Waals surface area contributed by atoms with E-state index in [-0.39, 0.29) is 0 Å². The fourth-order valence-electron chi connectivity index (χ4n) is 4.45. The number of benzene rings is 2. The maximum absolute atomic E-state index is 4.26. The highest BCUT2D eigenvalue weighted by molar-refractivity contribution is 5.49. The van der Waals surface area contributed by atoms with Crippen molar-refractivity contribution in [3.63, 3.8) is 0 Å². The van der Waals surface area contributed by atoms with Crippen LogP contribution in [0.2, 0.25) is 0 Å². The highest BCUT2D eigenvalue weighted by Gasteiger charge is 2.16. The summed E-state index contributed by atoms with van der Waals surface area (Å²) in [6, 6.07) is 17.6. The summed E-state index contributed by atoms with van der Waals surface area (Å²) in [5.74, 6) is 0.649. The number of rotatable bonds is 5. The average Bonchev–Trinajstić information content (AvgIpc) is 2.79. The van der Waals surface area contributed by atoms with Gasteiger partial charge in [0.05, 0.1) is 0 Å². The highest BCUT2D eigenvalue weighted by atomic mass is 14.9. The van der Waals surface area contributed by atoms with Crippen molar-refractivity contribution >= 4 is 5.69 Å². The molecule has 1 nitrogen and oxygen atoms in total. The van der Waals surface area contributed by atoms with Crippen molar-refractivity contribution in [3.05, 3.63) is 77.5 Å². The molecule has 2 aliphatic rings. The summed E-state index contributed by atoms with van der Waals surface area (Å²) < 4.78 is 0. The van der Waals surface area contributed by atoms with Crippen LogP contribution in [0.3, 0.4) is 0 Å². The van der Waals surface area contributed by atoms with Crippen molar-refractivity contribution in [2.75, 3.05) is 5.32 Å². The van der Waals surface area contributed by atoms with Crippen LogP contribution < -0.4 is 5.32 Å². The fraction of sp³-hybridized carbons (Fsp3) is 0.500. The molecule has 0 atom stereocenters. The van der Waals surface area contributed by atoms with Crippen LogP contribution in [0.5, 0.6) is 0 Å². The number of allylic oxidation sites excluding steroid dienone is 1. The molecule has 0 amide bonds. The fourth-order valence-corrected chi connectivity index (χ4v) is 4.45. The Morgan fingerprint density at radius 2 is 1.17 bits per heavy atom. The minimum atomic E-state index is 0.649. The van der Waals surface area contributed by atoms with E-state index in [1.165, 1.54) is 93.0 Å². The Balaban J connectivity index is 0.000000343. The Morgan fingerprint density at radius 3 is 1.69 bits per heavy atom. The van der Waals surface area contributed by atoms with E-state index < -0.39 is 0 Å². The first-order valence-electron chi connectivity index (χ1n) is 11.8. The molecule has 2 fully saturated rings. The molecule has 0 spiro atoms. The van der Waals surface area contributed by atoms with Gasteiger partial charge in [-0.05, 0) is 55.4 Å². The van der Waals surface area contributed by atoms with E-state index in [1.54, 1.807) is 0 Å². The van der Waals surface area contributed by atoms with E-state index in [9.17, 15) is 0 Å². The van der Waals surface area contributed by atoms with E-state index in [1.807, 2.05) is 0 Å². The zero-order valence-electron chi connectivity index (χ0n) is 18.4. The standard InChI is InChI=1S/C22H27N.C6H12/c1-17-8-10-19(11-9-17)16-20-12-14-22(15-13-20)23-18(2)21-6-4-3-5-7-21;1-2-4-6-5-3-1/h8-15,21,23H,2-7,16H2,1H3;1-6H2. The van der Waals surface area contributed by atoms with Crippen LogP contribution in [0.4, 0.5) is 5.69 Å². The summed E-state index contributed by atoms with van der Waals surface area (Å²) in [7, 11) is 0. The Kier molecular flexibility index (Phi) is 8.86. The smallest absolute Gasteiger partial charge is 0.0381 e. The van der Waals surface area contributed by atoms with Crippen molar-refractivity contribution in [1.82, 2.24) is 0 Å². The minimum Gasteiger partial charge on any atom is -0.359 e. The molecule has 156 valence electrons. The number of nitrogens with one attached hydrogen (secondary N) is 1. The van der Waals surface area contributed by atoms with Crippen molar-refractivity contribution in [3.8, 4) is 0 Å². The summed E-state index contributed by atoms with van der Waals surface area (Å²) in [4.78, 5) is 0. The van der Waals surface area contributed by atoms with Crippen LogP contribution >= 0.6 is 0 Å². The zero-order chi connectivity index (χ0) is 20.3. The van der Waals surface area contributed by atoms with E-state index >= 15 is 0 Å². The van der Waals surface area contributed by atoms with Gasteiger partial charge in [-0.25, -0.2) is 0 Å². The molecule has 0 saturated heterocycles. The van der Waals surface area contributed by atoms with Gasteiger partial charge >= 0.3 is 0 Å². The van der Waals surface area contributed by atoms with Gasteiger partial charge < -0.3 is 5.32 Å². The predicted molar refractivity (Wildman–Crippen MR) is 127 cm³/mol. The van der Waals surface area contributed by atoms with Gasteiger partial charge in [0.25, 0.3) is 0 Å². The first-order chi connectivity index (χ1) is 14.2. The number of hydrogen-bond donors (Lipinski definition) is 1. The third-order valence-electron chi connectivity index (χ3n) is 6.39. The Bertz CT molecular complexity index is 704. The largest absolute Gasteiger partial charge is 0.359 e. The van der Waals surface area contributed by atoms with E-state index in [0.29, 0.717) is 5.92 Å². The minimum absolute atomic E-state index is 0.649. The molecule has 29 heavy (non-hydrogen) atoms. The van der Waals surface area contributed by atoms with Crippen LogP contribution in [-0.2, 0) is 6.42 Å². The molecule has 0 bridgehead atoms. The summed E-state index contributed by atoms with van der Waals surface area (Å²) in [5.41, 5.74) is 6.38. The summed E-state index contributed by atoms with van der Waals surface area (Å²) in [5, 5.41) is 3.52. The molecule has 0 radical (unpaired) electrons. The van der Waals surface area contributed by atoms with Gasteiger partial charge in [-0.2, -0.15) is 0 Å². The average molecular weight is 390 g/mol. The first-order valence-corrected chi connectivity index (χ1v) is 11.8. The number of anilines is 1. The summed E-state index contributed by atoms with van der Waals surface area (Å²) >= 11 is 0. The molecule has 1 N–H and O–H groups in total. The Morgan fingerprint density at radius 1 is 0.724 bits per heavy atom. The van der Waals surface area contributed by atoms with Gasteiger partial charge in [0.1, 0.15) is 0 Å². The Hall–Kier alpha value is -2.02. The second kappa shape index (κ2) is 11.9. The highest BCUT2D eigenvalue weighted by Crippen LogP contribution is 2.29. The van der Waals surface area contributed by atoms with Crippen LogP contribution in [0.25, 0.3) is 0 Å². The molecule has 4 rings (SSSR count). The lowest BCUT2D eigenvalue weighted by Gasteiger charge is -2.24. The van der Waals surface area contributed by atoms with Gasteiger partial charge in [-0.3, -0.25) is 0 Å². The molecular weight excluding hydrogens is 350 g/mol. The quantitative estimate of drug-likeness (QED) is 0.541. The van der Waals surface area contributed by atoms with Crippen LogP contribution in [0.15, 0.2) is 60.8 Å². The van der Waals surface area contributed by atoms with Crippen LogP contribution in [0.1, 0.15) is 87.3 Å². The molecule has 0 aromatic heterocycles. The second-order valence-electron chi connectivity index (χ2n) is 8.97. The summed E-state index contributed by atoms with van der Waals surface area (Å²) in [6.45, 7) is 6.39. The molecule has 0 unspecified atom stereocenters. The summed E-state index contributed by atoms with van der Waals surface area (Å²) in [6.07, 6.45) is 16.7. The van der Waals surface area contributed by atoms with E-state index in [2.05, 4.69) is 67.4 Å². The van der Waals surface area contributed by atoms with Gasteiger partial charge in [-0.1, -0.05) is 106 Å². The van der Waals surface area contributed by atoms with Gasteiger partial charge in [0.15, 0.2) is 0 Å². The zero-order valence-corrected chi connectivity index (χ0v) is 18.4. The van der Waals surface area contributed by atoms with Crippen LogP contribution in [-0.4, -0.2) is 0 Å². The molecule has 0 heterocycles. The maximum atomic E-state index is 4.26. The van der Waals surface area contributed by atoms with Gasteiger partial charge in [0.2, 0.25) is 0 Å². The molecule has 1 heteroatoms. The van der Waals surface area contributed by atoms with Crippen LogP contribution in [0, 0.1) is 12.8 Å². The second-order valence-corrected chi connectivity index (χ2v) is 8.97. The van der Waals surface area contributed by atoms with E-state index in [0.717, 1.165) is 12.1 Å². The lowest BCUT2D eigenvalue weighted by molar-refractivity contribution is 0.405. The van der Waals surface area contributed by atoms with Crippen molar-refractivity contribution in [1.29, 1.82) is 0 Å². The maximum Gasteiger partial charge on any atom is 0.0381 e. The lowest BCUT2D eigenvalue weighted by Crippen LogP contribution is -2.14. The normalized spacial score (nSPS) is 17.1. The number of aryl methyl sites for hydroxylation is 1. The molecule has 2 saturated carbocycles. The third-order valence-corrected chi connectivity index (χ3v) is 6.39. The topological polar surface area (TPSA) is 12.0 Å². The molecule has 2 aliphatic carbocycles. The lowest BCUT2D eigenvalue weighted by atomic mass is 9.87. The molecule has 2 aromatic rings. The van der Waals surface area contributed by atoms with E-state index in [4.69, 9.17) is 0 Å². The third kappa shape index (κ3) is 7.72. The molecular formula is C28H39N. The SMILES string of the molecule is C1CCCCC1.C=C(Nc1ccc(Cc2ccc(C)cc2)cc1)C1CCCCC1. The van der Waals surface area contributed by atoms with Crippen molar-refractivity contribution in [2.24, 2.45) is 5.92 Å².